The third-order valence-electron chi connectivity index (χ3n) is 2.94. The van der Waals surface area contributed by atoms with Crippen molar-refractivity contribution >= 4 is 0 Å². The Morgan fingerprint density at radius 3 is 1.90 bits per heavy atom. The summed E-state index contributed by atoms with van der Waals surface area (Å²) in [5.41, 5.74) is -1.45. The minimum absolute atomic E-state index is 0.296. The predicted molar refractivity (Wildman–Crippen MR) is 61.3 cm³/mol. The van der Waals surface area contributed by atoms with Gasteiger partial charge in [-0.25, -0.2) is 26.3 Å². The highest BCUT2D eigenvalue weighted by Crippen LogP contribution is 2.32. The van der Waals surface area contributed by atoms with Crippen LogP contribution in [0, 0.1) is 34.9 Å². The normalized spacial score (nSPS) is 12.5. The maximum atomic E-state index is 13.8. The zero-order chi connectivity index (χ0) is 15.7. The Kier molecular flexibility index (Phi) is 4.17. The molecular formula is C13H8F6N2. The van der Waals surface area contributed by atoms with Gasteiger partial charge >= 0.3 is 0 Å². The summed E-state index contributed by atoms with van der Waals surface area (Å²) >= 11 is 0. The Balaban J connectivity index is 2.73. The molecule has 112 valence electrons. The molecular weight excluding hydrogens is 298 g/mol. The summed E-state index contributed by atoms with van der Waals surface area (Å²) in [5.74, 6) is -11.4. The van der Waals surface area contributed by atoms with Gasteiger partial charge in [0.05, 0.1) is 17.8 Å². The van der Waals surface area contributed by atoms with Crippen LogP contribution in [0.2, 0.25) is 0 Å². The fourth-order valence-corrected chi connectivity index (χ4v) is 1.95. The first kappa shape index (κ1) is 15.3. The Hall–Kier alpha value is -2.09. The van der Waals surface area contributed by atoms with Gasteiger partial charge in [0.2, 0.25) is 5.82 Å². The fraction of sp³-hybridized carbons (Fsp3) is 0.154. The van der Waals surface area contributed by atoms with E-state index >= 15 is 0 Å². The van der Waals surface area contributed by atoms with E-state index in [0.29, 0.717) is 0 Å². The molecule has 21 heavy (non-hydrogen) atoms. The molecule has 0 fully saturated rings. The van der Waals surface area contributed by atoms with Crippen LogP contribution in [0.3, 0.4) is 0 Å². The van der Waals surface area contributed by atoms with Gasteiger partial charge in [0, 0.05) is 11.8 Å². The lowest BCUT2D eigenvalue weighted by atomic mass is 9.97. The van der Waals surface area contributed by atoms with Crippen molar-refractivity contribution in [3.05, 3.63) is 64.5 Å². The second kappa shape index (κ2) is 5.72. The Morgan fingerprint density at radius 1 is 0.905 bits per heavy atom. The predicted octanol–water partition coefficient (Wildman–Crippen LogP) is 3.23. The van der Waals surface area contributed by atoms with Crippen LogP contribution in [0.4, 0.5) is 26.3 Å². The molecule has 1 aromatic heterocycles. The smallest absolute Gasteiger partial charge is 0.200 e. The SMILES string of the molecule is CNC(c1ccncc1F)c1c(F)c(F)c(F)c(F)c1F. The van der Waals surface area contributed by atoms with Crippen LogP contribution in [0.25, 0.3) is 0 Å². The van der Waals surface area contributed by atoms with Crippen molar-refractivity contribution in [1.29, 1.82) is 0 Å². The Labute approximate surface area is 115 Å². The van der Waals surface area contributed by atoms with Crippen LogP contribution >= 0.6 is 0 Å². The average Bonchev–Trinajstić information content (AvgIpc) is 2.48. The summed E-state index contributed by atoms with van der Waals surface area (Å²) in [7, 11) is 1.20. The lowest BCUT2D eigenvalue weighted by Gasteiger charge is -2.19. The van der Waals surface area contributed by atoms with E-state index in [-0.39, 0.29) is 5.56 Å². The maximum absolute atomic E-state index is 13.8. The van der Waals surface area contributed by atoms with E-state index in [4.69, 9.17) is 0 Å². The van der Waals surface area contributed by atoms with Crippen molar-refractivity contribution < 1.29 is 26.3 Å². The van der Waals surface area contributed by atoms with E-state index in [1.54, 1.807) is 0 Å². The van der Waals surface area contributed by atoms with Crippen LogP contribution in [0.5, 0.6) is 0 Å². The second-order valence-corrected chi connectivity index (χ2v) is 4.10. The molecule has 0 spiro atoms. The largest absolute Gasteiger partial charge is 0.309 e. The molecule has 1 heterocycles. The van der Waals surface area contributed by atoms with E-state index < -0.39 is 46.5 Å². The third kappa shape index (κ3) is 2.46. The van der Waals surface area contributed by atoms with Gasteiger partial charge in [0.25, 0.3) is 0 Å². The van der Waals surface area contributed by atoms with Crippen molar-refractivity contribution in [3.63, 3.8) is 0 Å². The molecule has 0 saturated heterocycles. The van der Waals surface area contributed by atoms with Crippen LogP contribution in [0.1, 0.15) is 17.2 Å². The number of hydrogen-bond donors (Lipinski definition) is 1. The number of nitrogens with one attached hydrogen (secondary N) is 1. The lowest BCUT2D eigenvalue weighted by Crippen LogP contribution is -2.23. The van der Waals surface area contributed by atoms with Crippen molar-refractivity contribution in [3.8, 4) is 0 Å². The van der Waals surface area contributed by atoms with E-state index in [9.17, 15) is 26.3 Å². The van der Waals surface area contributed by atoms with E-state index in [0.717, 1.165) is 18.5 Å². The zero-order valence-corrected chi connectivity index (χ0v) is 10.5. The molecule has 2 rings (SSSR count). The van der Waals surface area contributed by atoms with Gasteiger partial charge in [-0.2, -0.15) is 0 Å². The van der Waals surface area contributed by atoms with Crippen LogP contribution in [0.15, 0.2) is 18.5 Å². The third-order valence-corrected chi connectivity index (χ3v) is 2.94. The summed E-state index contributed by atoms with van der Waals surface area (Å²) in [6.45, 7) is 0. The fourth-order valence-electron chi connectivity index (χ4n) is 1.95. The van der Waals surface area contributed by atoms with Crippen molar-refractivity contribution in [1.82, 2.24) is 10.3 Å². The van der Waals surface area contributed by atoms with Gasteiger partial charge in [-0.15, -0.1) is 0 Å². The van der Waals surface area contributed by atoms with Gasteiger partial charge < -0.3 is 5.32 Å². The van der Waals surface area contributed by atoms with Crippen molar-refractivity contribution in [2.75, 3.05) is 7.05 Å². The van der Waals surface area contributed by atoms with Gasteiger partial charge in [-0.1, -0.05) is 0 Å². The first-order chi connectivity index (χ1) is 9.90. The summed E-state index contributed by atoms with van der Waals surface area (Å²) < 4.78 is 80.6. The van der Waals surface area contributed by atoms with Gasteiger partial charge in [0.15, 0.2) is 23.3 Å². The molecule has 1 aromatic carbocycles. The molecule has 2 aromatic rings. The molecule has 0 radical (unpaired) electrons. The molecule has 8 heteroatoms. The maximum Gasteiger partial charge on any atom is 0.200 e. The molecule has 0 bridgehead atoms. The average molecular weight is 306 g/mol. The quantitative estimate of drug-likeness (QED) is 0.535. The molecule has 1 unspecified atom stereocenters. The minimum atomic E-state index is -2.26. The molecule has 0 saturated carbocycles. The van der Waals surface area contributed by atoms with Crippen LogP contribution in [-0.4, -0.2) is 12.0 Å². The van der Waals surface area contributed by atoms with Crippen LogP contribution < -0.4 is 5.32 Å². The zero-order valence-electron chi connectivity index (χ0n) is 10.5. The van der Waals surface area contributed by atoms with E-state index in [1.165, 1.54) is 7.05 Å². The van der Waals surface area contributed by atoms with Gasteiger partial charge in [0.1, 0.15) is 5.82 Å². The molecule has 1 atom stereocenters. The number of halogens is 6. The second-order valence-electron chi connectivity index (χ2n) is 4.10. The highest BCUT2D eigenvalue weighted by atomic mass is 19.2. The van der Waals surface area contributed by atoms with Gasteiger partial charge in [-0.05, 0) is 13.1 Å². The minimum Gasteiger partial charge on any atom is -0.309 e. The number of hydrogen-bond acceptors (Lipinski definition) is 2. The van der Waals surface area contributed by atoms with E-state index in [2.05, 4.69) is 10.3 Å². The lowest BCUT2D eigenvalue weighted by molar-refractivity contribution is 0.363. The van der Waals surface area contributed by atoms with Crippen molar-refractivity contribution in [2.24, 2.45) is 0 Å². The van der Waals surface area contributed by atoms with Crippen molar-refractivity contribution in [2.45, 2.75) is 6.04 Å². The molecule has 2 nitrogen and oxygen atoms in total. The Morgan fingerprint density at radius 2 is 1.43 bits per heavy atom. The number of aromatic nitrogens is 1. The topological polar surface area (TPSA) is 24.9 Å². The monoisotopic (exact) mass is 306 g/mol. The number of benzene rings is 1. The van der Waals surface area contributed by atoms with Crippen LogP contribution in [-0.2, 0) is 0 Å². The highest BCUT2D eigenvalue weighted by molar-refractivity contribution is 5.35. The molecule has 0 aliphatic rings. The highest BCUT2D eigenvalue weighted by Gasteiger charge is 2.31. The number of rotatable bonds is 3. The summed E-state index contributed by atoms with van der Waals surface area (Å²) in [6, 6.07) is -0.480. The molecule has 0 aliphatic heterocycles. The summed E-state index contributed by atoms with van der Waals surface area (Å²) in [6.07, 6.45) is 1.90. The molecule has 0 amide bonds. The van der Waals surface area contributed by atoms with E-state index in [1.807, 2.05) is 0 Å². The molecule has 1 N–H and O–H groups in total. The molecule has 0 aliphatic carbocycles. The standard InChI is InChI=1S/C13H8F6N2/c1-20-13(5-2-3-21-4-6(5)14)7-8(15)10(17)12(19)11(18)9(7)16/h2-4,13,20H,1H3. The van der Waals surface area contributed by atoms with Gasteiger partial charge in [-0.3, -0.25) is 4.98 Å². The summed E-state index contributed by atoms with van der Waals surface area (Å²) in [4.78, 5) is 3.45. The first-order valence-corrected chi connectivity index (χ1v) is 5.68. The Bertz CT molecular complexity index is 660. The number of pyridine rings is 1. The summed E-state index contributed by atoms with van der Waals surface area (Å²) in [5, 5.41) is 2.33. The number of nitrogens with zero attached hydrogens (tertiary/aromatic N) is 1. The first-order valence-electron chi connectivity index (χ1n) is 5.68.